The number of carbonyl (C=O) groups is 1. The van der Waals surface area contributed by atoms with Crippen LogP contribution in [-0.2, 0) is 10.9 Å². The first-order chi connectivity index (χ1) is 11.4. The van der Waals surface area contributed by atoms with Crippen LogP contribution in [-0.4, -0.2) is 23.0 Å². The summed E-state index contributed by atoms with van der Waals surface area (Å²) in [6.45, 7) is 4.00. The van der Waals surface area contributed by atoms with Gasteiger partial charge in [-0.15, -0.1) is 0 Å². The minimum Gasteiger partial charge on any atom is -0.465 e. The number of ether oxygens (including phenoxy) is 1. The van der Waals surface area contributed by atoms with Crippen LogP contribution in [0.1, 0.15) is 35.6 Å². The quantitative estimate of drug-likeness (QED) is 0.778. The Morgan fingerprint density at radius 1 is 1.21 bits per heavy atom. The maximum absolute atomic E-state index is 12.5. The van der Waals surface area contributed by atoms with Crippen molar-refractivity contribution >= 4 is 5.97 Å². The van der Waals surface area contributed by atoms with Crippen molar-refractivity contribution in [2.24, 2.45) is 0 Å². The molecule has 0 amide bonds. The molecule has 0 saturated carbocycles. The number of nitrogens with zero attached hydrogens (tertiary/aromatic N) is 3. The van der Waals surface area contributed by atoms with E-state index in [-0.39, 0.29) is 22.4 Å². The Morgan fingerprint density at radius 2 is 1.88 bits per heavy atom. The Morgan fingerprint density at radius 3 is 2.33 bits per heavy atom. The highest BCUT2D eigenvalue weighted by Gasteiger charge is 2.32. The molecule has 0 aliphatic rings. The molecule has 2 rings (SSSR count). The van der Waals surface area contributed by atoms with E-state index in [1.807, 2.05) is 13.8 Å². The Labute approximate surface area is 136 Å². The molecule has 2 aromatic rings. The molecule has 0 fully saturated rings. The van der Waals surface area contributed by atoms with Gasteiger partial charge in [-0.05, 0) is 12.1 Å². The molecule has 0 atom stereocenters. The first-order valence-corrected chi connectivity index (χ1v) is 6.89. The number of carbonyl (C=O) groups excluding carboxylic acids is 1. The van der Waals surface area contributed by atoms with Crippen LogP contribution in [0.15, 0.2) is 30.6 Å². The minimum atomic E-state index is -4.56. The number of pyridine rings is 2. The van der Waals surface area contributed by atoms with Crippen LogP contribution in [0.5, 0.6) is 0 Å². The molecule has 2 aromatic heterocycles. The van der Waals surface area contributed by atoms with E-state index in [1.54, 1.807) is 6.07 Å². The molecule has 8 heteroatoms. The Bertz CT molecular complexity index is 751. The molecule has 0 aliphatic carbocycles. The van der Waals surface area contributed by atoms with Gasteiger partial charge in [0.05, 0.1) is 12.7 Å². The van der Waals surface area contributed by atoms with Gasteiger partial charge in [0.25, 0.3) is 0 Å². The van der Waals surface area contributed by atoms with Crippen molar-refractivity contribution in [1.82, 2.24) is 9.97 Å². The maximum atomic E-state index is 12.5. The highest BCUT2D eigenvalue weighted by atomic mass is 19.4. The lowest BCUT2D eigenvalue weighted by molar-refractivity contribution is -0.141. The van der Waals surface area contributed by atoms with Crippen LogP contribution in [0.25, 0.3) is 11.1 Å². The number of alkyl halides is 3. The molecule has 5 nitrogen and oxygen atoms in total. The van der Waals surface area contributed by atoms with E-state index < -0.39 is 17.8 Å². The van der Waals surface area contributed by atoms with E-state index in [4.69, 9.17) is 5.26 Å². The van der Waals surface area contributed by atoms with Crippen molar-refractivity contribution < 1.29 is 22.7 Å². The number of rotatable bonds is 2. The number of esters is 1. The predicted molar refractivity (Wildman–Crippen MR) is 79.9 cm³/mol. The van der Waals surface area contributed by atoms with E-state index in [0.29, 0.717) is 0 Å². The van der Waals surface area contributed by atoms with Gasteiger partial charge in [-0.1, -0.05) is 19.9 Å². The zero-order valence-electron chi connectivity index (χ0n) is 13.2. The van der Waals surface area contributed by atoms with Crippen LogP contribution < -0.4 is 0 Å². The Balaban J connectivity index is 0.00000139. The summed E-state index contributed by atoms with van der Waals surface area (Å²) in [7, 11) is 1.16. The van der Waals surface area contributed by atoms with Crippen molar-refractivity contribution in [3.63, 3.8) is 0 Å². The lowest BCUT2D eigenvalue weighted by atomic mass is 10.0. The third-order valence-corrected chi connectivity index (χ3v) is 2.79. The molecular weight excluding hydrogens is 323 g/mol. The normalized spacial score (nSPS) is 10.2. The number of hydrogen-bond donors (Lipinski definition) is 0. The summed E-state index contributed by atoms with van der Waals surface area (Å²) in [4.78, 5) is 18.8. The summed E-state index contributed by atoms with van der Waals surface area (Å²) in [6.07, 6.45) is -2.44. The Kier molecular flexibility index (Phi) is 6.41. The van der Waals surface area contributed by atoms with E-state index in [2.05, 4.69) is 14.7 Å². The van der Waals surface area contributed by atoms with Gasteiger partial charge in [0, 0.05) is 23.5 Å². The van der Waals surface area contributed by atoms with E-state index in [1.165, 1.54) is 12.1 Å². The van der Waals surface area contributed by atoms with Gasteiger partial charge in [-0.2, -0.15) is 18.4 Å². The second-order valence-electron chi connectivity index (χ2n) is 4.15. The summed E-state index contributed by atoms with van der Waals surface area (Å²) in [5, 5.41) is 8.85. The summed E-state index contributed by atoms with van der Waals surface area (Å²) < 4.78 is 42.1. The third kappa shape index (κ3) is 4.29. The van der Waals surface area contributed by atoms with E-state index >= 15 is 0 Å². The fraction of sp³-hybridized carbons (Fsp3) is 0.250. The van der Waals surface area contributed by atoms with Gasteiger partial charge in [-0.25, -0.2) is 9.78 Å². The second kappa shape index (κ2) is 8.06. The van der Waals surface area contributed by atoms with Gasteiger partial charge >= 0.3 is 12.1 Å². The zero-order chi connectivity index (χ0) is 18.3. The molecule has 126 valence electrons. The number of nitriles is 1. The Hall–Kier alpha value is -2.95. The second-order valence-corrected chi connectivity index (χ2v) is 4.15. The number of hydrogen-bond acceptors (Lipinski definition) is 5. The van der Waals surface area contributed by atoms with Crippen molar-refractivity contribution in [2.45, 2.75) is 20.0 Å². The SMILES string of the molecule is CC.COC(=O)c1cnc(C#N)cc1-c1ccc(C(F)(F)F)nc1. The summed E-state index contributed by atoms with van der Waals surface area (Å²) in [5.74, 6) is -0.716. The summed E-state index contributed by atoms with van der Waals surface area (Å²) in [6, 6.07) is 5.04. The molecule has 0 aromatic carbocycles. The van der Waals surface area contributed by atoms with Gasteiger partial charge in [0.15, 0.2) is 0 Å². The molecule has 0 spiro atoms. The first-order valence-electron chi connectivity index (χ1n) is 6.89. The van der Waals surface area contributed by atoms with Crippen molar-refractivity contribution in [1.29, 1.82) is 5.26 Å². The number of halogens is 3. The summed E-state index contributed by atoms with van der Waals surface area (Å²) >= 11 is 0. The van der Waals surface area contributed by atoms with Crippen LogP contribution in [0.4, 0.5) is 13.2 Å². The maximum Gasteiger partial charge on any atom is 0.433 e. The molecule has 2 heterocycles. The van der Waals surface area contributed by atoms with Gasteiger partial charge in [0.1, 0.15) is 17.5 Å². The number of methoxy groups -OCH3 is 1. The van der Waals surface area contributed by atoms with Crippen LogP contribution in [0, 0.1) is 11.3 Å². The molecule has 0 N–H and O–H groups in total. The van der Waals surface area contributed by atoms with Crippen LogP contribution in [0.2, 0.25) is 0 Å². The van der Waals surface area contributed by atoms with Crippen LogP contribution >= 0.6 is 0 Å². The molecule has 0 bridgehead atoms. The highest BCUT2D eigenvalue weighted by Crippen LogP contribution is 2.30. The average Bonchev–Trinajstić information content (AvgIpc) is 2.61. The molecule has 0 radical (unpaired) electrons. The van der Waals surface area contributed by atoms with Gasteiger partial charge < -0.3 is 4.74 Å². The minimum absolute atomic E-state index is 0.0163. The summed E-state index contributed by atoms with van der Waals surface area (Å²) in [5.41, 5.74) is -0.539. The molecule has 24 heavy (non-hydrogen) atoms. The lowest BCUT2D eigenvalue weighted by Gasteiger charge is -2.09. The van der Waals surface area contributed by atoms with Gasteiger partial charge in [-0.3, -0.25) is 4.98 Å². The van der Waals surface area contributed by atoms with Crippen molar-refractivity contribution in [2.75, 3.05) is 7.11 Å². The zero-order valence-corrected chi connectivity index (χ0v) is 13.2. The molecule has 0 saturated heterocycles. The lowest BCUT2D eigenvalue weighted by Crippen LogP contribution is -2.08. The third-order valence-electron chi connectivity index (χ3n) is 2.79. The van der Waals surface area contributed by atoms with Crippen LogP contribution in [0.3, 0.4) is 0 Å². The average molecular weight is 337 g/mol. The fourth-order valence-electron chi connectivity index (χ4n) is 1.75. The van der Waals surface area contributed by atoms with E-state index in [9.17, 15) is 18.0 Å². The first kappa shape index (κ1) is 19.1. The highest BCUT2D eigenvalue weighted by molar-refractivity contribution is 5.97. The van der Waals surface area contributed by atoms with Gasteiger partial charge in [0.2, 0.25) is 0 Å². The predicted octanol–water partition coefficient (Wildman–Crippen LogP) is 3.85. The topological polar surface area (TPSA) is 75.9 Å². The largest absolute Gasteiger partial charge is 0.465 e. The monoisotopic (exact) mass is 337 g/mol. The molecule has 0 unspecified atom stereocenters. The smallest absolute Gasteiger partial charge is 0.433 e. The standard InChI is InChI=1S/C14H8F3N3O2.C2H6/c1-22-13(21)11-7-19-9(5-18)4-10(11)8-2-3-12(20-6-8)14(15,16)17;1-2/h2-4,6-7H,1H3;1-2H3. The number of aromatic nitrogens is 2. The molecular formula is C16H14F3N3O2. The van der Waals surface area contributed by atoms with Crippen molar-refractivity contribution in [3.05, 3.63) is 47.5 Å². The van der Waals surface area contributed by atoms with E-state index in [0.717, 1.165) is 25.6 Å². The fourth-order valence-corrected chi connectivity index (χ4v) is 1.75. The molecule has 0 aliphatic heterocycles. The van der Waals surface area contributed by atoms with Crippen molar-refractivity contribution in [3.8, 4) is 17.2 Å².